The van der Waals surface area contributed by atoms with E-state index in [1.807, 2.05) is 0 Å². The fourth-order valence-corrected chi connectivity index (χ4v) is 1.77. The highest BCUT2D eigenvalue weighted by atomic mass is 35.5. The first-order valence-electron chi connectivity index (χ1n) is 4.63. The average Bonchev–Trinajstić information content (AvgIpc) is 2.21. The third-order valence-electron chi connectivity index (χ3n) is 2.35. The van der Waals surface area contributed by atoms with Gasteiger partial charge in [-0.1, -0.05) is 17.7 Å². The van der Waals surface area contributed by atoms with Crippen LogP contribution in [0.1, 0.15) is 11.3 Å². The minimum Gasteiger partial charge on any atom is -0.243 e. The second-order valence-corrected chi connectivity index (χ2v) is 3.98. The largest absolute Gasteiger partial charge is 0.433 e. The van der Waals surface area contributed by atoms with Gasteiger partial charge < -0.3 is 0 Å². The normalized spacial score (nSPS) is 12.1. The summed E-state index contributed by atoms with van der Waals surface area (Å²) in [6.45, 7) is 1.50. The molecule has 1 nitrogen and oxygen atoms in total. The Labute approximate surface area is 99.0 Å². The van der Waals surface area contributed by atoms with Crippen molar-refractivity contribution in [2.24, 2.45) is 0 Å². The molecule has 0 aliphatic heterocycles. The third-order valence-corrected chi connectivity index (χ3v) is 2.64. The Morgan fingerprint density at radius 1 is 1.24 bits per heavy atom. The Hall–Kier alpha value is -1.36. The van der Waals surface area contributed by atoms with Crippen LogP contribution in [0.5, 0.6) is 0 Å². The highest BCUT2D eigenvalue weighted by Crippen LogP contribution is 2.34. The molecular weight excluding hydrogens is 258 g/mol. The average molecular weight is 264 g/mol. The van der Waals surface area contributed by atoms with Crippen molar-refractivity contribution in [1.29, 1.82) is 0 Å². The number of fused-ring (bicyclic) bond motifs is 1. The van der Waals surface area contributed by atoms with Crippen molar-refractivity contribution in [3.05, 3.63) is 40.3 Å². The molecule has 0 fully saturated rings. The van der Waals surface area contributed by atoms with Gasteiger partial charge in [-0.25, -0.2) is 9.37 Å². The van der Waals surface area contributed by atoms with Crippen molar-refractivity contribution in [2.45, 2.75) is 13.1 Å². The number of nitrogens with zero attached hydrogens (tertiary/aromatic N) is 1. The van der Waals surface area contributed by atoms with Crippen LogP contribution in [-0.2, 0) is 6.18 Å². The van der Waals surface area contributed by atoms with E-state index in [1.54, 1.807) is 0 Å². The lowest BCUT2D eigenvalue weighted by atomic mass is 10.1. The van der Waals surface area contributed by atoms with Gasteiger partial charge in [-0.3, -0.25) is 0 Å². The predicted octanol–water partition coefficient (Wildman–Crippen LogP) is 4.35. The highest BCUT2D eigenvalue weighted by molar-refractivity contribution is 6.35. The first-order valence-corrected chi connectivity index (χ1v) is 5.01. The third kappa shape index (κ3) is 2.07. The molecule has 0 aliphatic carbocycles. The Kier molecular flexibility index (Phi) is 2.73. The lowest BCUT2D eigenvalue weighted by molar-refractivity contribution is -0.140. The SMILES string of the molecule is Cc1ccc2nc(C(F)(F)F)cc(Cl)c2c1F. The summed E-state index contributed by atoms with van der Waals surface area (Å²) < 4.78 is 51.1. The van der Waals surface area contributed by atoms with Crippen molar-refractivity contribution < 1.29 is 17.6 Å². The molecule has 1 heterocycles. The number of aryl methyl sites for hydroxylation is 1. The van der Waals surface area contributed by atoms with E-state index in [2.05, 4.69) is 4.98 Å². The van der Waals surface area contributed by atoms with Crippen LogP contribution >= 0.6 is 11.6 Å². The second-order valence-electron chi connectivity index (χ2n) is 3.58. The van der Waals surface area contributed by atoms with Crippen LogP contribution in [0.4, 0.5) is 17.6 Å². The Morgan fingerprint density at radius 2 is 1.88 bits per heavy atom. The standard InChI is InChI=1S/C11H6ClF4N/c1-5-2-3-7-9(10(5)13)6(12)4-8(17-7)11(14,15)16/h2-4H,1H3. The van der Waals surface area contributed by atoms with Gasteiger partial charge in [0.15, 0.2) is 0 Å². The minimum atomic E-state index is -4.60. The van der Waals surface area contributed by atoms with Gasteiger partial charge in [0.1, 0.15) is 11.5 Å². The number of hydrogen-bond donors (Lipinski definition) is 0. The number of pyridine rings is 1. The van der Waals surface area contributed by atoms with Gasteiger partial charge in [-0.2, -0.15) is 13.2 Å². The van der Waals surface area contributed by atoms with E-state index >= 15 is 0 Å². The molecule has 1 aromatic heterocycles. The maximum absolute atomic E-state index is 13.7. The van der Waals surface area contributed by atoms with Gasteiger partial charge >= 0.3 is 6.18 Å². The fourth-order valence-electron chi connectivity index (χ4n) is 1.49. The number of alkyl halides is 3. The number of benzene rings is 1. The molecule has 0 bridgehead atoms. The molecule has 0 amide bonds. The number of halogens is 5. The van der Waals surface area contributed by atoms with E-state index in [0.29, 0.717) is 11.6 Å². The van der Waals surface area contributed by atoms with E-state index in [0.717, 1.165) is 0 Å². The van der Waals surface area contributed by atoms with E-state index < -0.39 is 17.7 Å². The topological polar surface area (TPSA) is 12.9 Å². The van der Waals surface area contributed by atoms with Gasteiger partial charge in [-0.05, 0) is 24.6 Å². The summed E-state index contributed by atoms with van der Waals surface area (Å²) >= 11 is 5.67. The molecule has 0 spiro atoms. The number of rotatable bonds is 0. The molecule has 90 valence electrons. The van der Waals surface area contributed by atoms with E-state index in [4.69, 9.17) is 11.6 Å². The predicted molar refractivity (Wildman–Crippen MR) is 56.5 cm³/mol. The van der Waals surface area contributed by atoms with Gasteiger partial charge in [0.2, 0.25) is 0 Å². The molecule has 0 aliphatic rings. The van der Waals surface area contributed by atoms with Crippen LogP contribution in [0.25, 0.3) is 10.9 Å². The summed E-state index contributed by atoms with van der Waals surface area (Å²) in [5, 5.41) is -0.372. The Balaban J connectivity index is 2.82. The molecular formula is C11H6ClF4N. The maximum Gasteiger partial charge on any atom is 0.433 e. The monoisotopic (exact) mass is 263 g/mol. The van der Waals surface area contributed by atoms with Crippen LogP contribution in [0.2, 0.25) is 5.02 Å². The van der Waals surface area contributed by atoms with Crippen molar-refractivity contribution in [1.82, 2.24) is 4.98 Å². The molecule has 17 heavy (non-hydrogen) atoms. The molecule has 1 aromatic carbocycles. The second kappa shape index (κ2) is 3.84. The summed E-state index contributed by atoms with van der Waals surface area (Å²) in [4.78, 5) is 3.36. The van der Waals surface area contributed by atoms with E-state index in [1.165, 1.54) is 19.1 Å². The fraction of sp³-hybridized carbons (Fsp3) is 0.182. The summed E-state index contributed by atoms with van der Waals surface area (Å²) in [5.74, 6) is -0.645. The Bertz CT molecular complexity index is 592. The molecule has 0 unspecified atom stereocenters. The first-order chi connectivity index (χ1) is 7.80. The van der Waals surface area contributed by atoms with Gasteiger partial charge in [0, 0.05) is 0 Å². The quantitative estimate of drug-likeness (QED) is 0.644. The molecule has 6 heteroatoms. The minimum absolute atomic E-state index is 0.0836. The highest BCUT2D eigenvalue weighted by Gasteiger charge is 2.33. The van der Waals surface area contributed by atoms with Crippen LogP contribution in [0.15, 0.2) is 18.2 Å². The van der Waals surface area contributed by atoms with Gasteiger partial charge in [0.05, 0.1) is 15.9 Å². The van der Waals surface area contributed by atoms with Crippen molar-refractivity contribution >= 4 is 22.5 Å². The molecule has 0 N–H and O–H groups in total. The molecule has 2 rings (SSSR count). The zero-order valence-corrected chi connectivity index (χ0v) is 9.33. The molecule has 0 atom stereocenters. The number of hydrogen-bond acceptors (Lipinski definition) is 1. The summed E-state index contributed by atoms with van der Waals surface area (Å²) in [7, 11) is 0. The lowest BCUT2D eigenvalue weighted by Gasteiger charge is -2.09. The molecule has 0 radical (unpaired) electrons. The van der Waals surface area contributed by atoms with Gasteiger partial charge in [0.25, 0.3) is 0 Å². The van der Waals surface area contributed by atoms with Crippen molar-refractivity contribution in [3.63, 3.8) is 0 Å². The lowest BCUT2D eigenvalue weighted by Crippen LogP contribution is -2.08. The van der Waals surface area contributed by atoms with Crippen LogP contribution < -0.4 is 0 Å². The van der Waals surface area contributed by atoms with Crippen molar-refractivity contribution in [2.75, 3.05) is 0 Å². The molecule has 0 saturated heterocycles. The van der Waals surface area contributed by atoms with E-state index in [9.17, 15) is 17.6 Å². The summed E-state index contributed by atoms with van der Waals surface area (Å²) in [6, 6.07) is 3.31. The Morgan fingerprint density at radius 3 is 2.47 bits per heavy atom. The smallest absolute Gasteiger partial charge is 0.243 e. The van der Waals surface area contributed by atoms with Crippen molar-refractivity contribution in [3.8, 4) is 0 Å². The zero-order chi connectivity index (χ0) is 12.8. The van der Waals surface area contributed by atoms with Crippen LogP contribution in [-0.4, -0.2) is 4.98 Å². The molecule has 2 aromatic rings. The zero-order valence-electron chi connectivity index (χ0n) is 8.57. The van der Waals surface area contributed by atoms with Crippen LogP contribution in [0, 0.1) is 12.7 Å². The number of aromatic nitrogens is 1. The molecule has 0 saturated carbocycles. The van der Waals surface area contributed by atoms with E-state index in [-0.39, 0.29) is 15.9 Å². The maximum atomic E-state index is 13.7. The summed E-state index contributed by atoms with van der Waals surface area (Å²) in [5.41, 5.74) is -0.924. The first kappa shape index (κ1) is 12.1. The van der Waals surface area contributed by atoms with Gasteiger partial charge in [-0.15, -0.1) is 0 Å². The summed E-state index contributed by atoms with van der Waals surface area (Å²) in [6.07, 6.45) is -4.60. The van der Waals surface area contributed by atoms with Crippen LogP contribution in [0.3, 0.4) is 0 Å².